The Hall–Kier alpha value is -3.46. The highest BCUT2D eigenvalue weighted by Gasteiger charge is 2.23. The van der Waals surface area contributed by atoms with Crippen molar-refractivity contribution >= 4 is 17.2 Å². The Bertz CT molecular complexity index is 1340. The Morgan fingerprint density at radius 3 is 2.50 bits per heavy atom. The van der Waals surface area contributed by atoms with Gasteiger partial charge in [-0.05, 0) is 61.9 Å². The Kier molecular flexibility index (Phi) is 5.95. The van der Waals surface area contributed by atoms with Crippen LogP contribution in [0.2, 0.25) is 0 Å². The van der Waals surface area contributed by atoms with E-state index in [0.717, 1.165) is 23.5 Å². The van der Waals surface area contributed by atoms with E-state index in [4.69, 9.17) is 0 Å². The average molecular weight is 480 g/mol. The lowest BCUT2D eigenvalue weighted by Crippen LogP contribution is -2.36. The number of hydrogen-bond acceptors (Lipinski definition) is 5. The van der Waals surface area contributed by atoms with Crippen LogP contribution in [-0.4, -0.2) is 43.6 Å². The molecule has 0 spiro atoms. The fourth-order valence-electron chi connectivity index (χ4n) is 4.14. The van der Waals surface area contributed by atoms with Crippen molar-refractivity contribution in [3.05, 3.63) is 75.2 Å². The molecular formula is C25H23F2N5OS. The van der Waals surface area contributed by atoms with Crippen LogP contribution in [0.1, 0.15) is 21.1 Å². The molecule has 1 aliphatic rings. The molecule has 0 aliphatic carbocycles. The summed E-state index contributed by atoms with van der Waals surface area (Å²) in [5.41, 5.74) is 2.85. The standard InChI is InChI=1S/C25H23F2N5OS/c1-15-13-18(5-8-20(15)27)24-29-25(17-3-6-19(26)7-4-17)32(30-24)14-23(33)31-11-9-21-22(10-12-31)34-16(2)28-21/h3-8,13H,9-12,14H2,1-2H3. The fourth-order valence-corrected chi connectivity index (χ4v) is 5.11. The number of carbonyl (C=O) groups is 1. The van der Waals surface area contributed by atoms with Crippen molar-refractivity contribution in [2.75, 3.05) is 13.1 Å². The molecule has 174 valence electrons. The summed E-state index contributed by atoms with van der Waals surface area (Å²) in [6, 6.07) is 10.6. The van der Waals surface area contributed by atoms with E-state index in [1.54, 1.807) is 47.2 Å². The van der Waals surface area contributed by atoms with E-state index >= 15 is 0 Å². The normalized spacial score (nSPS) is 13.6. The first-order chi connectivity index (χ1) is 16.4. The number of nitrogens with zero attached hydrogens (tertiary/aromatic N) is 5. The molecule has 0 unspecified atom stereocenters. The molecule has 3 heterocycles. The number of halogens is 2. The van der Waals surface area contributed by atoms with Gasteiger partial charge in [0.25, 0.3) is 0 Å². The van der Waals surface area contributed by atoms with E-state index in [1.165, 1.54) is 23.1 Å². The molecule has 9 heteroatoms. The van der Waals surface area contributed by atoms with Crippen molar-refractivity contribution in [1.82, 2.24) is 24.6 Å². The maximum atomic E-state index is 13.8. The van der Waals surface area contributed by atoms with Gasteiger partial charge in [0.05, 0.1) is 10.7 Å². The molecule has 0 bridgehead atoms. The van der Waals surface area contributed by atoms with E-state index < -0.39 is 0 Å². The lowest BCUT2D eigenvalue weighted by atomic mass is 10.1. The van der Waals surface area contributed by atoms with Gasteiger partial charge in [0.15, 0.2) is 11.6 Å². The van der Waals surface area contributed by atoms with Crippen molar-refractivity contribution in [2.24, 2.45) is 0 Å². The van der Waals surface area contributed by atoms with Crippen molar-refractivity contribution in [3.63, 3.8) is 0 Å². The van der Waals surface area contributed by atoms with E-state index in [1.807, 2.05) is 11.8 Å². The van der Waals surface area contributed by atoms with Crippen molar-refractivity contribution < 1.29 is 13.6 Å². The van der Waals surface area contributed by atoms with Gasteiger partial charge in [0.1, 0.15) is 18.2 Å². The van der Waals surface area contributed by atoms with Crippen molar-refractivity contribution in [1.29, 1.82) is 0 Å². The minimum absolute atomic E-state index is 0.00000819. The van der Waals surface area contributed by atoms with Gasteiger partial charge < -0.3 is 4.90 Å². The van der Waals surface area contributed by atoms with Crippen molar-refractivity contribution in [2.45, 2.75) is 33.2 Å². The van der Waals surface area contributed by atoms with Crippen molar-refractivity contribution in [3.8, 4) is 22.8 Å². The number of thiazole rings is 1. The number of fused-ring (bicyclic) bond motifs is 1. The van der Waals surface area contributed by atoms with Crippen LogP contribution in [-0.2, 0) is 24.2 Å². The second kappa shape index (κ2) is 9.06. The molecule has 0 saturated heterocycles. The highest BCUT2D eigenvalue weighted by molar-refractivity contribution is 7.11. The third kappa shape index (κ3) is 4.48. The summed E-state index contributed by atoms with van der Waals surface area (Å²) in [6.45, 7) is 4.90. The lowest BCUT2D eigenvalue weighted by molar-refractivity contribution is -0.131. The summed E-state index contributed by atoms with van der Waals surface area (Å²) in [5, 5.41) is 5.64. The van der Waals surface area contributed by atoms with Crippen LogP contribution >= 0.6 is 11.3 Å². The molecule has 1 amide bonds. The molecule has 2 aromatic heterocycles. The predicted octanol–water partition coefficient (Wildman–Crippen LogP) is 4.59. The smallest absolute Gasteiger partial charge is 0.244 e. The molecule has 4 aromatic rings. The zero-order chi connectivity index (χ0) is 23.8. The number of aryl methyl sites for hydroxylation is 2. The molecule has 0 atom stereocenters. The summed E-state index contributed by atoms with van der Waals surface area (Å²) < 4.78 is 28.8. The molecule has 0 radical (unpaired) electrons. The first kappa shape index (κ1) is 22.3. The summed E-state index contributed by atoms with van der Waals surface area (Å²) in [7, 11) is 0. The first-order valence-corrected chi connectivity index (χ1v) is 11.9. The van der Waals surface area contributed by atoms with E-state index in [-0.39, 0.29) is 24.1 Å². The second-order valence-corrected chi connectivity index (χ2v) is 9.66. The minimum atomic E-state index is -0.360. The topological polar surface area (TPSA) is 63.9 Å². The summed E-state index contributed by atoms with van der Waals surface area (Å²) in [6.07, 6.45) is 1.52. The Balaban J connectivity index is 1.44. The van der Waals surface area contributed by atoms with Gasteiger partial charge in [-0.3, -0.25) is 4.79 Å². The molecule has 0 fully saturated rings. The molecule has 2 aromatic carbocycles. The Labute approximate surface area is 199 Å². The third-order valence-corrected chi connectivity index (χ3v) is 7.01. The zero-order valence-corrected chi connectivity index (χ0v) is 19.7. The number of amides is 1. The van der Waals surface area contributed by atoms with Crippen LogP contribution in [0.3, 0.4) is 0 Å². The molecule has 34 heavy (non-hydrogen) atoms. The van der Waals surface area contributed by atoms with Crippen LogP contribution < -0.4 is 0 Å². The highest BCUT2D eigenvalue weighted by Crippen LogP contribution is 2.26. The SMILES string of the molecule is Cc1nc2c(s1)CCN(C(=O)Cn1nc(-c3ccc(F)c(C)c3)nc1-c1ccc(F)cc1)CC2. The quantitative estimate of drug-likeness (QED) is 0.430. The third-order valence-electron chi connectivity index (χ3n) is 5.94. The Morgan fingerprint density at radius 2 is 1.74 bits per heavy atom. The van der Waals surface area contributed by atoms with Gasteiger partial charge in [-0.25, -0.2) is 23.4 Å². The second-order valence-electron chi connectivity index (χ2n) is 8.37. The maximum absolute atomic E-state index is 13.8. The molecule has 6 nitrogen and oxygen atoms in total. The maximum Gasteiger partial charge on any atom is 0.244 e. The van der Waals surface area contributed by atoms with Gasteiger partial charge in [-0.1, -0.05) is 0 Å². The number of aromatic nitrogens is 4. The average Bonchev–Trinajstić information content (AvgIpc) is 3.33. The van der Waals surface area contributed by atoms with Crippen LogP contribution in [0.4, 0.5) is 8.78 Å². The lowest BCUT2D eigenvalue weighted by Gasteiger charge is -2.20. The zero-order valence-electron chi connectivity index (χ0n) is 18.9. The van der Waals surface area contributed by atoms with Gasteiger partial charge in [0.2, 0.25) is 5.91 Å². The number of carbonyl (C=O) groups excluding carboxylic acids is 1. The van der Waals surface area contributed by atoms with Crippen LogP contribution in [0, 0.1) is 25.5 Å². The molecule has 1 aliphatic heterocycles. The fraction of sp³-hybridized carbons (Fsp3) is 0.280. The van der Waals surface area contributed by atoms with Gasteiger partial charge in [-0.2, -0.15) is 0 Å². The summed E-state index contributed by atoms with van der Waals surface area (Å²) in [4.78, 5) is 25.6. The minimum Gasteiger partial charge on any atom is -0.340 e. The van der Waals surface area contributed by atoms with Crippen LogP contribution in [0.5, 0.6) is 0 Å². The van der Waals surface area contributed by atoms with E-state index in [9.17, 15) is 13.6 Å². The highest BCUT2D eigenvalue weighted by atomic mass is 32.1. The Morgan fingerprint density at radius 1 is 1.00 bits per heavy atom. The molecule has 5 rings (SSSR count). The number of hydrogen-bond donors (Lipinski definition) is 0. The molecule has 0 N–H and O–H groups in total. The van der Waals surface area contributed by atoms with E-state index in [2.05, 4.69) is 15.1 Å². The monoisotopic (exact) mass is 479 g/mol. The van der Waals surface area contributed by atoms with Gasteiger partial charge >= 0.3 is 0 Å². The van der Waals surface area contributed by atoms with Gasteiger partial charge in [0, 0.05) is 41.9 Å². The van der Waals surface area contributed by atoms with E-state index in [0.29, 0.717) is 41.4 Å². The van der Waals surface area contributed by atoms with Crippen LogP contribution in [0.15, 0.2) is 42.5 Å². The van der Waals surface area contributed by atoms with Gasteiger partial charge in [-0.15, -0.1) is 16.4 Å². The number of rotatable bonds is 4. The summed E-state index contributed by atoms with van der Waals surface area (Å²) in [5.74, 6) is 0.101. The molecule has 0 saturated carbocycles. The molecular weight excluding hydrogens is 456 g/mol. The largest absolute Gasteiger partial charge is 0.340 e. The van der Waals surface area contributed by atoms with Crippen LogP contribution in [0.25, 0.3) is 22.8 Å². The number of benzene rings is 2. The summed E-state index contributed by atoms with van der Waals surface area (Å²) >= 11 is 1.69. The first-order valence-electron chi connectivity index (χ1n) is 11.1. The predicted molar refractivity (Wildman–Crippen MR) is 126 cm³/mol.